The van der Waals surface area contributed by atoms with Gasteiger partial charge in [-0.25, -0.2) is 4.68 Å². The summed E-state index contributed by atoms with van der Waals surface area (Å²) in [7, 11) is 0. The van der Waals surface area contributed by atoms with Crippen molar-refractivity contribution in [1.82, 2.24) is 19.2 Å². The first kappa shape index (κ1) is 16.1. The lowest BCUT2D eigenvalue weighted by atomic mass is 10.1. The highest BCUT2D eigenvalue weighted by Crippen LogP contribution is 2.19. The number of aromatic nitrogens is 3. The molecule has 1 saturated heterocycles. The molecule has 122 valence electrons. The second-order valence-electron chi connectivity index (χ2n) is 5.89. The molecule has 0 unspecified atom stereocenters. The number of hydrogen-bond donors (Lipinski definition) is 1. The zero-order valence-corrected chi connectivity index (χ0v) is 14.0. The number of allylic oxidation sites excluding steroid dienone is 1. The maximum atomic E-state index is 9.83. The zero-order valence-electron chi connectivity index (χ0n) is 13.1. The normalized spacial score (nSPS) is 18.9. The lowest BCUT2D eigenvalue weighted by molar-refractivity contribution is 0.0513. The van der Waals surface area contributed by atoms with Crippen molar-refractivity contribution in [3.05, 3.63) is 47.8 Å². The van der Waals surface area contributed by atoms with Gasteiger partial charge in [0.1, 0.15) is 0 Å². The summed E-state index contributed by atoms with van der Waals surface area (Å²) in [6.45, 7) is 6.70. The van der Waals surface area contributed by atoms with E-state index in [0.29, 0.717) is 24.5 Å². The molecular formula is C17H22N4OS. The molecule has 2 aromatic rings. The second kappa shape index (κ2) is 7.21. The average Bonchev–Trinajstić information content (AvgIpc) is 2.86. The van der Waals surface area contributed by atoms with Gasteiger partial charge in [-0.2, -0.15) is 5.10 Å². The Bertz CT molecular complexity index is 722. The van der Waals surface area contributed by atoms with Gasteiger partial charge in [0, 0.05) is 25.2 Å². The Morgan fingerprint density at radius 2 is 2.13 bits per heavy atom. The van der Waals surface area contributed by atoms with E-state index in [1.165, 1.54) is 0 Å². The lowest BCUT2D eigenvalue weighted by Gasteiger charge is -2.29. The minimum absolute atomic E-state index is 0.248. The Morgan fingerprint density at radius 1 is 1.35 bits per heavy atom. The van der Waals surface area contributed by atoms with Crippen molar-refractivity contribution in [3.63, 3.8) is 0 Å². The summed E-state index contributed by atoms with van der Waals surface area (Å²) in [5, 5.41) is 14.6. The molecule has 1 fully saturated rings. The fourth-order valence-electron chi connectivity index (χ4n) is 2.98. The summed E-state index contributed by atoms with van der Waals surface area (Å²) in [5.74, 6) is 0.855. The van der Waals surface area contributed by atoms with Crippen molar-refractivity contribution in [2.24, 2.45) is 0 Å². The van der Waals surface area contributed by atoms with Crippen LogP contribution in [0.25, 0.3) is 11.4 Å². The molecule has 1 aromatic heterocycles. The van der Waals surface area contributed by atoms with E-state index in [4.69, 9.17) is 17.3 Å². The molecule has 6 heteroatoms. The molecule has 0 radical (unpaired) electrons. The van der Waals surface area contributed by atoms with Crippen molar-refractivity contribution < 1.29 is 5.11 Å². The number of rotatable bonds is 5. The third-order valence-electron chi connectivity index (χ3n) is 4.08. The topological polar surface area (TPSA) is 46.2 Å². The van der Waals surface area contributed by atoms with E-state index >= 15 is 0 Å². The molecule has 0 aliphatic carbocycles. The van der Waals surface area contributed by atoms with Gasteiger partial charge in [-0.05, 0) is 25.1 Å². The predicted molar refractivity (Wildman–Crippen MR) is 93.5 cm³/mol. The number of aliphatic hydroxyl groups excluding tert-OH is 1. The molecule has 3 rings (SSSR count). The van der Waals surface area contributed by atoms with Gasteiger partial charge in [-0.1, -0.05) is 36.4 Å². The quantitative estimate of drug-likeness (QED) is 0.676. The Hall–Kier alpha value is -1.76. The number of hydrogen-bond acceptors (Lipinski definition) is 4. The number of nitrogens with zero attached hydrogens (tertiary/aromatic N) is 4. The molecule has 1 aliphatic rings. The van der Waals surface area contributed by atoms with Crippen molar-refractivity contribution in [2.45, 2.75) is 32.2 Å². The summed E-state index contributed by atoms with van der Waals surface area (Å²) < 4.78 is 4.53. The first-order valence-electron chi connectivity index (χ1n) is 7.93. The summed E-state index contributed by atoms with van der Waals surface area (Å²) in [6, 6.07) is 10.0. The third kappa shape index (κ3) is 3.60. The van der Waals surface area contributed by atoms with Gasteiger partial charge >= 0.3 is 0 Å². The smallest absolute Gasteiger partial charge is 0.199 e. The van der Waals surface area contributed by atoms with Crippen LogP contribution in [0.4, 0.5) is 0 Å². The summed E-state index contributed by atoms with van der Waals surface area (Å²) >= 11 is 5.60. The van der Waals surface area contributed by atoms with Gasteiger partial charge in [0.2, 0.25) is 0 Å². The standard InChI is InChI=1S/C17H22N4OS/c1-2-10-20-16(14-7-4-3-5-8-14)18-21(17(20)23)13-19-11-6-9-15(22)12-19/h2-5,7-8,15,22H,1,6,9-13H2/t15-/m0/s1. The number of β-amino-alcohol motifs (C(OH)–C–C–N with tert-alkyl or cyclic N) is 1. The van der Waals surface area contributed by atoms with E-state index in [1.807, 2.05) is 45.7 Å². The first-order valence-corrected chi connectivity index (χ1v) is 8.34. The van der Waals surface area contributed by atoms with Gasteiger partial charge < -0.3 is 5.11 Å². The molecule has 1 aromatic carbocycles. The van der Waals surface area contributed by atoms with E-state index < -0.39 is 0 Å². The maximum Gasteiger partial charge on any atom is 0.199 e. The number of benzene rings is 1. The van der Waals surface area contributed by atoms with Gasteiger partial charge in [0.25, 0.3) is 0 Å². The van der Waals surface area contributed by atoms with Crippen LogP contribution >= 0.6 is 12.2 Å². The zero-order chi connectivity index (χ0) is 16.2. The number of piperidine rings is 1. The molecule has 0 bridgehead atoms. The van der Waals surface area contributed by atoms with E-state index in [-0.39, 0.29) is 6.10 Å². The van der Waals surface area contributed by atoms with Crippen LogP contribution in [0.1, 0.15) is 12.8 Å². The van der Waals surface area contributed by atoms with Crippen LogP contribution in [0.5, 0.6) is 0 Å². The predicted octanol–water partition coefficient (Wildman–Crippen LogP) is 2.68. The van der Waals surface area contributed by atoms with Crippen LogP contribution in [-0.2, 0) is 13.2 Å². The van der Waals surface area contributed by atoms with Crippen LogP contribution in [0.2, 0.25) is 0 Å². The minimum Gasteiger partial charge on any atom is -0.392 e. The molecule has 1 N–H and O–H groups in total. The molecule has 0 spiro atoms. The second-order valence-corrected chi connectivity index (χ2v) is 6.25. The van der Waals surface area contributed by atoms with Crippen LogP contribution in [-0.4, -0.2) is 43.5 Å². The van der Waals surface area contributed by atoms with Gasteiger partial charge in [0.05, 0.1) is 12.8 Å². The Balaban J connectivity index is 1.92. The van der Waals surface area contributed by atoms with Crippen LogP contribution < -0.4 is 0 Å². The highest BCUT2D eigenvalue weighted by Gasteiger charge is 2.19. The first-order chi connectivity index (χ1) is 11.2. The van der Waals surface area contributed by atoms with Crippen LogP contribution in [0.15, 0.2) is 43.0 Å². The summed E-state index contributed by atoms with van der Waals surface area (Å²) in [4.78, 5) is 2.20. The molecule has 2 heterocycles. The minimum atomic E-state index is -0.248. The van der Waals surface area contributed by atoms with E-state index in [1.54, 1.807) is 0 Å². The maximum absolute atomic E-state index is 9.83. The Labute approximate surface area is 141 Å². The molecule has 1 atom stereocenters. The van der Waals surface area contributed by atoms with E-state index in [2.05, 4.69) is 11.5 Å². The molecule has 1 aliphatic heterocycles. The molecule has 0 saturated carbocycles. The lowest BCUT2D eigenvalue weighted by Crippen LogP contribution is -2.39. The third-order valence-corrected chi connectivity index (χ3v) is 4.51. The number of aliphatic hydroxyl groups is 1. The van der Waals surface area contributed by atoms with Gasteiger partial charge in [-0.3, -0.25) is 9.47 Å². The number of likely N-dealkylation sites (tertiary alicyclic amines) is 1. The average molecular weight is 330 g/mol. The molecular weight excluding hydrogens is 308 g/mol. The van der Waals surface area contributed by atoms with Gasteiger partial charge in [0.15, 0.2) is 10.6 Å². The monoisotopic (exact) mass is 330 g/mol. The van der Waals surface area contributed by atoms with Crippen LogP contribution in [0.3, 0.4) is 0 Å². The Kier molecular flexibility index (Phi) is 5.05. The summed E-state index contributed by atoms with van der Waals surface area (Å²) in [6.07, 6.45) is 3.47. The van der Waals surface area contributed by atoms with Crippen LogP contribution in [0, 0.1) is 4.77 Å². The molecule has 23 heavy (non-hydrogen) atoms. The Morgan fingerprint density at radius 3 is 2.83 bits per heavy atom. The largest absolute Gasteiger partial charge is 0.392 e. The fourth-order valence-corrected chi connectivity index (χ4v) is 3.24. The van der Waals surface area contributed by atoms with Crippen molar-refractivity contribution in [1.29, 1.82) is 0 Å². The highest BCUT2D eigenvalue weighted by atomic mass is 32.1. The van der Waals surface area contributed by atoms with Crippen molar-refractivity contribution >= 4 is 12.2 Å². The summed E-state index contributed by atoms with van der Waals surface area (Å²) in [5.41, 5.74) is 1.04. The van der Waals surface area contributed by atoms with Gasteiger partial charge in [-0.15, -0.1) is 6.58 Å². The van der Waals surface area contributed by atoms with E-state index in [9.17, 15) is 5.11 Å². The molecule has 5 nitrogen and oxygen atoms in total. The highest BCUT2D eigenvalue weighted by molar-refractivity contribution is 7.71. The van der Waals surface area contributed by atoms with Crippen molar-refractivity contribution in [2.75, 3.05) is 13.1 Å². The SMILES string of the molecule is C=CCn1c(-c2ccccc2)nn(CN2CCC[C@H](O)C2)c1=S. The van der Waals surface area contributed by atoms with E-state index in [0.717, 1.165) is 30.8 Å². The van der Waals surface area contributed by atoms with Crippen molar-refractivity contribution in [3.8, 4) is 11.4 Å². The fraction of sp³-hybridized carbons (Fsp3) is 0.412. The molecule has 0 amide bonds.